The number of hydrogen-bond donors (Lipinski definition) is 1. The van der Waals surface area contributed by atoms with Gasteiger partial charge < -0.3 is 5.11 Å². The average Bonchev–Trinajstić information content (AvgIpc) is 2.47. The molecule has 1 nitrogen and oxygen atoms in total. The number of rotatable bonds is 16. The maximum Gasteiger partial charge on any atom is 0.0431 e. The Morgan fingerprint density at radius 3 is 1.17 bits per heavy atom. The van der Waals surface area contributed by atoms with Crippen molar-refractivity contribution < 1.29 is 5.11 Å². The molecule has 0 aliphatic heterocycles. The summed E-state index contributed by atoms with van der Waals surface area (Å²) in [5.41, 5.74) is 0. The summed E-state index contributed by atoms with van der Waals surface area (Å²) in [5, 5.41) is 8.82. The molecule has 0 aromatic rings. The van der Waals surface area contributed by atoms with Crippen LogP contribution in [-0.4, -0.2) is 11.7 Å². The normalized spacial score (nSPS) is 15.8. The highest BCUT2D eigenvalue weighted by Gasteiger charge is 2.08. The predicted octanol–water partition coefficient (Wildman–Crippen LogP) is 7.22. The van der Waals surface area contributed by atoms with E-state index in [1.165, 1.54) is 70.6 Å². The zero-order chi connectivity index (χ0) is 17.5. The molecule has 3 unspecified atom stereocenters. The van der Waals surface area contributed by atoms with E-state index in [-0.39, 0.29) is 0 Å². The van der Waals surface area contributed by atoms with Crippen LogP contribution in [0.15, 0.2) is 0 Å². The first-order chi connectivity index (χ1) is 11.0. The molecular formula is C22H46O. The van der Waals surface area contributed by atoms with Crippen LogP contribution < -0.4 is 0 Å². The van der Waals surface area contributed by atoms with Crippen LogP contribution in [0.2, 0.25) is 0 Å². The largest absolute Gasteiger partial charge is 0.396 e. The van der Waals surface area contributed by atoms with E-state index in [9.17, 15) is 0 Å². The Morgan fingerprint density at radius 1 is 0.478 bits per heavy atom. The number of unbranched alkanes of at least 4 members (excludes halogenated alkanes) is 1. The molecule has 0 aromatic carbocycles. The SMILES string of the molecule is CC(C)CCCC(C)CCCC(C)CCCC(C)CCCCO. The summed E-state index contributed by atoms with van der Waals surface area (Å²) in [7, 11) is 0. The highest BCUT2D eigenvalue weighted by atomic mass is 16.2. The molecule has 1 N–H and O–H groups in total. The van der Waals surface area contributed by atoms with E-state index in [1.807, 2.05) is 0 Å². The fraction of sp³-hybridized carbons (Fsp3) is 1.00. The Kier molecular flexibility index (Phi) is 15.5. The van der Waals surface area contributed by atoms with E-state index >= 15 is 0 Å². The van der Waals surface area contributed by atoms with Crippen LogP contribution in [0, 0.1) is 23.7 Å². The molecule has 0 heterocycles. The van der Waals surface area contributed by atoms with E-state index in [0.29, 0.717) is 6.61 Å². The first-order valence-electron chi connectivity index (χ1n) is 10.6. The van der Waals surface area contributed by atoms with Gasteiger partial charge >= 0.3 is 0 Å². The van der Waals surface area contributed by atoms with Gasteiger partial charge in [0.25, 0.3) is 0 Å². The van der Waals surface area contributed by atoms with Gasteiger partial charge in [-0.1, -0.05) is 105 Å². The summed E-state index contributed by atoms with van der Waals surface area (Å²) in [6.45, 7) is 12.3. The van der Waals surface area contributed by atoms with Crippen molar-refractivity contribution in [3.05, 3.63) is 0 Å². The second-order valence-electron chi connectivity index (χ2n) is 8.72. The van der Waals surface area contributed by atoms with Crippen LogP contribution in [0.3, 0.4) is 0 Å². The molecular weight excluding hydrogens is 280 g/mol. The van der Waals surface area contributed by atoms with Gasteiger partial charge in [0.05, 0.1) is 0 Å². The fourth-order valence-corrected chi connectivity index (χ4v) is 3.54. The van der Waals surface area contributed by atoms with E-state index < -0.39 is 0 Å². The summed E-state index contributed by atoms with van der Waals surface area (Å²) >= 11 is 0. The van der Waals surface area contributed by atoms with Gasteiger partial charge in [-0.3, -0.25) is 0 Å². The minimum Gasteiger partial charge on any atom is -0.396 e. The third-order valence-electron chi connectivity index (χ3n) is 5.37. The molecule has 140 valence electrons. The molecule has 0 rings (SSSR count). The lowest BCUT2D eigenvalue weighted by Crippen LogP contribution is -2.01. The zero-order valence-electron chi connectivity index (χ0n) is 16.9. The van der Waals surface area contributed by atoms with Crippen molar-refractivity contribution in [2.45, 2.75) is 112 Å². The molecule has 1 heteroatoms. The number of aliphatic hydroxyl groups excluding tert-OH is 1. The van der Waals surface area contributed by atoms with Gasteiger partial charge in [0.2, 0.25) is 0 Å². The molecule has 0 spiro atoms. The highest BCUT2D eigenvalue weighted by Crippen LogP contribution is 2.23. The topological polar surface area (TPSA) is 20.2 Å². The van der Waals surface area contributed by atoms with E-state index in [0.717, 1.165) is 30.1 Å². The molecule has 0 saturated heterocycles. The summed E-state index contributed by atoms with van der Waals surface area (Å²) < 4.78 is 0. The van der Waals surface area contributed by atoms with Gasteiger partial charge in [-0.2, -0.15) is 0 Å². The van der Waals surface area contributed by atoms with Gasteiger partial charge in [0.15, 0.2) is 0 Å². The predicted molar refractivity (Wildman–Crippen MR) is 105 cm³/mol. The first kappa shape index (κ1) is 23.0. The molecule has 0 fully saturated rings. The van der Waals surface area contributed by atoms with Crippen LogP contribution in [0.25, 0.3) is 0 Å². The number of aliphatic hydroxyl groups is 1. The molecule has 0 aliphatic carbocycles. The molecule has 23 heavy (non-hydrogen) atoms. The summed E-state index contributed by atoms with van der Waals surface area (Å²) in [5.74, 6) is 3.54. The van der Waals surface area contributed by atoms with Crippen LogP contribution >= 0.6 is 0 Å². The molecule has 0 radical (unpaired) electrons. The van der Waals surface area contributed by atoms with Crippen LogP contribution in [0.5, 0.6) is 0 Å². The van der Waals surface area contributed by atoms with Crippen molar-refractivity contribution in [2.75, 3.05) is 6.61 Å². The van der Waals surface area contributed by atoms with Crippen molar-refractivity contribution in [1.29, 1.82) is 0 Å². The van der Waals surface area contributed by atoms with Gasteiger partial charge in [-0.15, -0.1) is 0 Å². The van der Waals surface area contributed by atoms with Gasteiger partial charge in [0, 0.05) is 6.61 Å². The van der Waals surface area contributed by atoms with Crippen molar-refractivity contribution in [1.82, 2.24) is 0 Å². The van der Waals surface area contributed by atoms with Crippen molar-refractivity contribution in [3.8, 4) is 0 Å². The molecule has 0 aliphatic rings. The van der Waals surface area contributed by atoms with Gasteiger partial charge in [0.1, 0.15) is 0 Å². The molecule has 3 atom stereocenters. The lowest BCUT2D eigenvalue weighted by Gasteiger charge is -2.16. The van der Waals surface area contributed by atoms with Crippen LogP contribution in [0.1, 0.15) is 112 Å². The molecule has 0 saturated carbocycles. The Hall–Kier alpha value is -0.0400. The maximum atomic E-state index is 8.82. The Bertz CT molecular complexity index is 236. The third kappa shape index (κ3) is 16.6. The van der Waals surface area contributed by atoms with Crippen molar-refractivity contribution >= 4 is 0 Å². The molecule has 0 bridgehead atoms. The third-order valence-corrected chi connectivity index (χ3v) is 5.37. The second kappa shape index (κ2) is 15.5. The van der Waals surface area contributed by atoms with Crippen molar-refractivity contribution in [3.63, 3.8) is 0 Å². The lowest BCUT2D eigenvalue weighted by atomic mass is 9.90. The maximum absolute atomic E-state index is 8.82. The summed E-state index contributed by atoms with van der Waals surface area (Å²) in [6, 6.07) is 0. The average molecular weight is 327 g/mol. The Labute approximate surface area is 147 Å². The Balaban J connectivity index is 3.47. The monoisotopic (exact) mass is 326 g/mol. The number of hydrogen-bond acceptors (Lipinski definition) is 1. The van der Waals surface area contributed by atoms with E-state index in [1.54, 1.807) is 0 Å². The second-order valence-corrected chi connectivity index (χ2v) is 8.72. The molecule has 0 aromatic heterocycles. The standard InChI is InChI=1S/C22H46O/c1-19(2)11-8-13-21(4)15-10-17-22(5)16-9-14-20(3)12-6-7-18-23/h19-23H,6-18H2,1-5H3. The lowest BCUT2D eigenvalue weighted by molar-refractivity contribution is 0.277. The smallest absolute Gasteiger partial charge is 0.0431 e. The van der Waals surface area contributed by atoms with E-state index in [2.05, 4.69) is 34.6 Å². The first-order valence-corrected chi connectivity index (χ1v) is 10.6. The van der Waals surface area contributed by atoms with Crippen molar-refractivity contribution in [2.24, 2.45) is 23.7 Å². The van der Waals surface area contributed by atoms with Crippen LogP contribution in [-0.2, 0) is 0 Å². The molecule has 0 amide bonds. The van der Waals surface area contributed by atoms with Crippen LogP contribution in [0.4, 0.5) is 0 Å². The Morgan fingerprint density at radius 2 is 0.826 bits per heavy atom. The van der Waals surface area contributed by atoms with E-state index in [4.69, 9.17) is 5.11 Å². The summed E-state index contributed by atoms with van der Waals surface area (Å²) in [4.78, 5) is 0. The highest BCUT2D eigenvalue weighted by molar-refractivity contribution is 4.61. The van der Waals surface area contributed by atoms with Gasteiger partial charge in [-0.05, 0) is 30.1 Å². The fourth-order valence-electron chi connectivity index (χ4n) is 3.54. The van der Waals surface area contributed by atoms with Gasteiger partial charge in [-0.25, -0.2) is 0 Å². The minimum atomic E-state index is 0.361. The quantitative estimate of drug-likeness (QED) is 0.297. The minimum absolute atomic E-state index is 0.361. The summed E-state index contributed by atoms with van der Waals surface area (Å²) in [6.07, 6.45) is 16.2. The zero-order valence-corrected chi connectivity index (χ0v) is 16.9.